The molecule has 4 nitrogen and oxygen atoms in total. The van der Waals surface area contributed by atoms with E-state index in [0.717, 1.165) is 5.39 Å². The lowest BCUT2D eigenvalue weighted by Gasteiger charge is -2.10. The van der Waals surface area contributed by atoms with Gasteiger partial charge in [-0.1, -0.05) is 23.7 Å². The number of hydrogen-bond acceptors (Lipinski definition) is 3. The van der Waals surface area contributed by atoms with Gasteiger partial charge in [0.1, 0.15) is 5.69 Å². The summed E-state index contributed by atoms with van der Waals surface area (Å²) in [5.41, 5.74) is 0.993. The zero-order valence-corrected chi connectivity index (χ0v) is 11.1. The Morgan fingerprint density at radius 2 is 2.21 bits per heavy atom. The van der Waals surface area contributed by atoms with Gasteiger partial charge in [-0.05, 0) is 25.1 Å². The van der Waals surface area contributed by atoms with Gasteiger partial charge in [0.15, 0.2) is 0 Å². The third kappa shape index (κ3) is 3.21. The highest BCUT2D eigenvalue weighted by atomic mass is 35.5. The second-order valence-corrected chi connectivity index (χ2v) is 4.71. The molecule has 1 aromatic carbocycles. The molecule has 0 aliphatic heterocycles. The van der Waals surface area contributed by atoms with Crippen LogP contribution < -0.4 is 5.32 Å². The van der Waals surface area contributed by atoms with Gasteiger partial charge in [0.25, 0.3) is 5.91 Å². The molecule has 1 unspecified atom stereocenters. The number of benzene rings is 1. The van der Waals surface area contributed by atoms with Crippen molar-refractivity contribution in [2.75, 3.05) is 0 Å². The summed E-state index contributed by atoms with van der Waals surface area (Å²) < 4.78 is 0. The van der Waals surface area contributed by atoms with Crippen molar-refractivity contribution in [2.24, 2.45) is 0 Å². The SMILES string of the molecule is CC(CC#N)NC(=O)c1ccc2ccc(Cl)cc2n1. The van der Waals surface area contributed by atoms with E-state index in [0.29, 0.717) is 16.2 Å². The summed E-state index contributed by atoms with van der Waals surface area (Å²) in [5, 5.41) is 12.8. The summed E-state index contributed by atoms with van der Waals surface area (Å²) in [6, 6.07) is 10.6. The van der Waals surface area contributed by atoms with E-state index in [4.69, 9.17) is 16.9 Å². The number of halogens is 1. The molecule has 0 saturated carbocycles. The average molecular weight is 274 g/mol. The van der Waals surface area contributed by atoms with Crippen molar-refractivity contribution in [1.29, 1.82) is 5.26 Å². The summed E-state index contributed by atoms with van der Waals surface area (Å²) in [7, 11) is 0. The van der Waals surface area contributed by atoms with E-state index in [9.17, 15) is 4.79 Å². The standard InChI is InChI=1S/C14H12ClN3O/c1-9(6-7-16)17-14(19)12-5-3-10-2-4-11(15)8-13(10)18-12/h2-5,8-9H,6H2,1H3,(H,17,19). The van der Waals surface area contributed by atoms with Crippen molar-refractivity contribution < 1.29 is 4.79 Å². The predicted octanol–water partition coefficient (Wildman–Crippen LogP) is 2.92. The molecule has 1 atom stereocenters. The largest absolute Gasteiger partial charge is 0.347 e. The summed E-state index contributed by atoms with van der Waals surface area (Å²) >= 11 is 5.90. The molecule has 1 aromatic heterocycles. The minimum atomic E-state index is -0.287. The third-order valence-corrected chi connectivity index (χ3v) is 2.90. The molecule has 96 valence electrons. The first-order valence-corrected chi connectivity index (χ1v) is 6.22. The van der Waals surface area contributed by atoms with Crippen LogP contribution in [-0.2, 0) is 0 Å². The van der Waals surface area contributed by atoms with Crippen molar-refractivity contribution in [2.45, 2.75) is 19.4 Å². The lowest BCUT2D eigenvalue weighted by molar-refractivity contribution is 0.0936. The van der Waals surface area contributed by atoms with Crippen LogP contribution in [0.1, 0.15) is 23.8 Å². The van der Waals surface area contributed by atoms with E-state index in [1.54, 1.807) is 25.1 Å². The molecule has 2 rings (SSSR count). The number of pyridine rings is 1. The van der Waals surface area contributed by atoms with Crippen LogP contribution in [0.2, 0.25) is 5.02 Å². The molecule has 19 heavy (non-hydrogen) atoms. The van der Waals surface area contributed by atoms with Crippen LogP contribution in [0.4, 0.5) is 0 Å². The Kier molecular flexibility index (Phi) is 3.98. The maximum absolute atomic E-state index is 11.9. The zero-order valence-electron chi connectivity index (χ0n) is 10.4. The van der Waals surface area contributed by atoms with Crippen LogP contribution in [0.15, 0.2) is 30.3 Å². The van der Waals surface area contributed by atoms with E-state index in [1.807, 2.05) is 18.2 Å². The highest BCUT2D eigenvalue weighted by Gasteiger charge is 2.11. The fraction of sp³-hybridized carbons (Fsp3) is 0.214. The second kappa shape index (κ2) is 5.68. The molecule has 2 aromatic rings. The molecular formula is C14H12ClN3O. The third-order valence-electron chi connectivity index (χ3n) is 2.66. The Bertz CT molecular complexity index is 663. The number of nitriles is 1. The molecule has 0 spiro atoms. The lowest BCUT2D eigenvalue weighted by atomic mass is 10.2. The number of nitrogens with one attached hydrogen (secondary N) is 1. The minimum absolute atomic E-state index is 0.200. The van der Waals surface area contributed by atoms with E-state index in [-0.39, 0.29) is 18.4 Å². The fourth-order valence-corrected chi connectivity index (χ4v) is 1.87. The van der Waals surface area contributed by atoms with Gasteiger partial charge in [-0.2, -0.15) is 5.26 Å². The molecule has 0 fully saturated rings. The zero-order chi connectivity index (χ0) is 13.8. The topological polar surface area (TPSA) is 65.8 Å². The van der Waals surface area contributed by atoms with E-state index < -0.39 is 0 Å². The van der Waals surface area contributed by atoms with Crippen LogP contribution in [0.3, 0.4) is 0 Å². The molecule has 0 saturated heterocycles. The van der Waals surface area contributed by atoms with Gasteiger partial charge < -0.3 is 5.32 Å². The first-order valence-electron chi connectivity index (χ1n) is 5.84. The van der Waals surface area contributed by atoms with Crippen LogP contribution >= 0.6 is 11.6 Å². The molecule has 0 aliphatic carbocycles. The van der Waals surface area contributed by atoms with Gasteiger partial charge in [-0.25, -0.2) is 4.98 Å². The van der Waals surface area contributed by atoms with Crippen LogP contribution in [0.25, 0.3) is 10.9 Å². The summed E-state index contributed by atoms with van der Waals surface area (Å²) in [4.78, 5) is 16.2. The summed E-state index contributed by atoms with van der Waals surface area (Å²) in [6.45, 7) is 1.78. The molecular weight excluding hydrogens is 262 g/mol. The molecule has 0 aliphatic rings. The maximum Gasteiger partial charge on any atom is 0.270 e. The van der Waals surface area contributed by atoms with Gasteiger partial charge in [0.2, 0.25) is 0 Å². The number of amides is 1. The Morgan fingerprint density at radius 3 is 2.95 bits per heavy atom. The number of hydrogen-bond donors (Lipinski definition) is 1. The van der Waals surface area contributed by atoms with Crippen molar-refractivity contribution in [3.05, 3.63) is 41.0 Å². The van der Waals surface area contributed by atoms with E-state index in [2.05, 4.69) is 10.3 Å². The smallest absolute Gasteiger partial charge is 0.270 e. The van der Waals surface area contributed by atoms with E-state index in [1.165, 1.54) is 0 Å². The number of carbonyl (C=O) groups is 1. The number of aromatic nitrogens is 1. The van der Waals surface area contributed by atoms with E-state index >= 15 is 0 Å². The maximum atomic E-state index is 11.9. The number of carbonyl (C=O) groups excluding carboxylic acids is 1. The molecule has 0 bridgehead atoms. The molecule has 5 heteroatoms. The summed E-state index contributed by atoms with van der Waals surface area (Å²) in [5.74, 6) is -0.287. The molecule has 1 N–H and O–H groups in total. The second-order valence-electron chi connectivity index (χ2n) is 4.27. The minimum Gasteiger partial charge on any atom is -0.347 e. The first kappa shape index (κ1) is 13.3. The fourth-order valence-electron chi connectivity index (χ4n) is 1.70. The molecule has 0 radical (unpaired) electrons. The average Bonchev–Trinajstić information content (AvgIpc) is 2.38. The predicted molar refractivity (Wildman–Crippen MR) is 73.9 cm³/mol. The Labute approximate surface area is 116 Å². The van der Waals surface area contributed by atoms with Crippen LogP contribution in [0, 0.1) is 11.3 Å². The quantitative estimate of drug-likeness (QED) is 0.935. The van der Waals surface area contributed by atoms with Crippen molar-refractivity contribution in [1.82, 2.24) is 10.3 Å². The molecule has 1 heterocycles. The highest BCUT2D eigenvalue weighted by molar-refractivity contribution is 6.31. The van der Waals surface area contributed by atoms with Crippen LogP contribution in [-0.4, -0.2) is 16.9 Å². The summed E-state index contributed by atoms with van der Waals surface area (Å²) in [6.07, 6.45) is 0.269. The van der Waals surface area contributed by atoms with Gasteiger partial charge >= 0.3 is 0 Å². The molecule has 1 amide bonds. The number of rotatable bonds is 3. The first-order chi connectivity index (χ1) is 9.10. The number of nitrogens with zero attached hydrogens (tertiary/aromatic N) is 2. The highest BCUT2D eigenvalue weighted by Crippen LogP contribution is 2.18. The van der Waals surface area contributed by atoms with Gasteiger partial charge in [0, 0.05) is 16.5 Å². The van der Waals surface area contributed by atoms with Crippen molar-refractivity contribution in [3.63, 3.8) is 0 Å². The van der Waals surface area contributed by atoms with Gasteiger partial charge in [0.05, 0.1) is 18.0 Å². The lowest BCUT2D eigenvalue weighted by Crippen LogP contribution is -2.32. The van der Waals surface area contributed by atoms with Crippen molar-refractivity contribution >= 4 is 28.4 Å². The Morgan fingerprint density at radius 1 is 1.47 bits per heavy atom. The Balaban J connectivity index is 2.25. The number of fused-ring (bicyclic) bond motifs is 1. The monoisotopic (exact) mass is 273 g/mol. The Hall–Kier alpha value is -2.12. The van der Waals surface area contributed by atoms with Gasteiger partial charge in [-0.15, -0.1) is 0 Å². The van der Waals surface area contributed by atoms with Gasteiger partial charge in [-0.3, -0.25) is 4.79 Å². The van der Waals surface area contributed by atoms with Crippen LogP contribution in [0.5, 0.6) is 0 Å². The normalized spacial score (nSPS) is 11.8. The van der Waals surface area contributed by atoms with Crippen molar-refractivity contribution in [3.8, 4) is 6.07 Å².